The molecule has 4 rings (SSSR count). The summed E-state index contributed by atoms with van der Waals surface area (Å²) in [4.78, 5) is 26.5. The molecule has 2 heterocycles. The van der Waals surface area contributed by atoms with Crippen LogP contribution in [-0.4, -0.2) is 38.9 Å². The van der Waals surface area contributed by atoms with Gasteiger partial charge in [0.25, 0.3) is 5.91 Å². The molecule has 0 saturated heterocycles. The number of halogens is 1. The summed E-state index contributed by atoms with van der Waals surface area (Å²) in [5.41, 5.74) is 1.90. The molecule has 1 atom stereocenters. The third-order valence-electron chi connectivity index (χ3n) is 6.17. The van der Waals surface area contributed by atoms with E-state index in [4.69, 9.17) is 30.2 Å². The molecule has 2 aromatic carbocycles. The molecule has 0 radical (unpaired) electrons. The van der Waals surface area contributed by atoms with E-state index in [0.717, 1.165) is 11.8 Å². The van der Waals surface area contributed by atoms with Crippen molar-refractivity contribution in [3.05, 3.63) is 87.4 Å². The second kappa shape index (κ2) is 13.2. The van der Waals surface area contributed by atoms with E-state index < -0.39 is 11.8 Å². The molecule has 2 amide bonds. The van der Waals surface area contributed by atoms with Gasteiger partial charge < -0.3 is 34.6 Å². The van der Waals surface area contributed by atoms with Crippen molar-refractivity contribution in [2.45, 2.75) is 12.8 Å². The third kappa shape index (κ3) is 6.45. The van der Waals surface area contributed by atoms with E-state index in [9.17, 15) is 14.9 Å². The lowest BCUT2D eigenvalue weighted by Gasteiger charge is -2.28. The van der Waals surface area contributed by atoms with Gasteiger partial charge in [0, 0.05) is 17.8 Å². The topological polar surface area (TPSA) is 135 Å². The van der Waals surface area contributed by atoms with Gasteiger partial charge in [0.15, 0.2) is 0 Å². The first-order valence-electron chi connectivity index (χ1n) is 12.2. The van der Waals surface area contributed by atoms with Crippen LogP contribution in [0.2, 0.25) is 5.02 Å². The molecule has 12 heteroatoms. The second-order valence-corrected chi connectivity index (χ2v) is 10.0. The van der Waals surface area contributed by atoms with Gasteiger partial charge in [-0.1, -0.05) is 35.5 Å². The number of amides is 2. The highest BCUT2D eigenvalue weighted by Crippen LogP contribution is 2.42. The van der Waals surface area contributed by atoms with E-state index in [2.05, 4.69) is 22.0 Å². The molecule has 0 bridgehead atoms. The number of ether oxygens (including phenoxy) is 3. The number of furan rings is 1. The highest BCUT2D eigenvalue weighted by atomic mass is 35.5. The number of anilines is 2. The predicted molar refractivity (Wildman–Crippen MR) is 157 cm³/mol. The molecule has 1 aromatic heterocycles. The van der Waals surface area contributed by atoms with Gasteiger partial charge in [-0.25, -0.2) is 0 Å². The van der Waals surface area contributed by atoms with Gasteiger partial charge in [-0.3, -0.25) is 9.59 Å². The van der Waals surface area contributed by atoms with Crippen molar-refractivity contribution >= 4 is 46.6 Å². The molecule has 0 saturated carbocycles. The van der Waals surface area contributed by atoms with Crippen LogP contribution >= 0.6 is 23.4 Å². The van der Waals surface area contributed by atoms with Gasteiger partial charge in [0.1, 0.15) is 23.0 Å². The van der Waals surface area contributed by atoms with Gasteiger partial charge in [-0.2, -0.15) is 5.26 Å². The maximum atomic E-state index is 13.6. The first-order chi connectivity index (χ1) is 19.8. The lowest BCUT2D eigenvalue weighted by atomic mass is 9.85. The highest BCUT2D eigenvalue weighted by molar-refractivity contribution is 8.03. The number of methoxy groups -OCH3 is 3. The monoisotopic (exact) mass is 594 g/mol. The lowest BCUT2D eigenvalue weighted by Crippen LogP contribution is -2.31. The summed E-state index contributed by atoms with van der Waals surface area (Å²) in [7, 11) is 4.44. The van der Waals surface area contributed by atoms with Gasteiger partial charge in [0.2, 0.25) is 5.91 Å². The number of hydrogen-bond donors (Lipinski definition) is 3. The molecule has 1 aliphatic heterocycles. The van der Waals surface area contributed by atoms with Gasteiger partial charge in [-0.15, -0.1) is 0 Å². The van der Waals surface area contributed by atoms with E-state index in [1.807, 2.05) is 0 Å². The second-order valence-electron chi connectivity index (χ2n) is 8.65. The molecular weight excluding hydrogens is 568 g/mol. The molecule has 0 spiro atoms. The SMILES string of the molecule is COc1cc(NC(=O)CSC2=C(C#N)C(c3ccco3)C(C(=O)Nc3ccccc3OC)=C(C)N2)c(OC)cc1Cl. The van der Waals surface area contributed by atoms with E-state index in [-0.39, 0.29) is 17.2 Å². The van der Waals surface area contributed by atoms with Crippen LogP contribution in [0.15, 0.2) is 81.1 Å². The Bertz CT molecular complexity index is 1560. The van der Waals surface area contributed by atoms with Crippen molar-refractivity contribution in [1.29, 1.82) is 5.26 Å². The van der Waals surface area contributed by atoms with Crippen LogP contribution in [0.25, 0.3) is 0 Å². The zero-order chi connectivity index (χ0) is 29.5. The predicted octanol–water partition coefficient (Wildman–Crippen LogP) is 5.67. The molecule has 0 aliphatic carbocycles. The van der Waals surface area contributed by atoms with Crippen LogP contribution < -0.4 is 30.2 Å². The van der Waals surface area contributed by atoms with Crippen LogP contribution in [0.5, 0.6) is 17.2 Å². The Morgan fingerprint density at radius 1 is 1.02 bits per heavy atom. The number of nitriles is 1. The van der Waals surface area contributed by atoms with Crippen molar-refractivity contribution in [3.8, 4) is 23.3 Å². The zero-order valence-electron chi connectivity index (χ0n) is 22.7. The molecule has 212 valence electrons. The Morgan fingerprint density at radius 3 is 2.41 bits per heavy atom. The molecule has 1 unspecified atom stereocenters. The average Bonchev–Trinajstić information content (AvgIpc) is 3.51. The number of nitrogens with one attached hydrogen (secondary N) is 3. The Hall–Kier alpha value is -4.53. The summed E-state index contributed by atoms with van der Waals surface area (Å²) >= 11 is 7.28. The van der Waals surface area contributed by atoms with Crippen LogP contribution in [0.3, 0.4) is 0 Å². The number of hydrogen-bond acceptors (Lipinski definition) is 9. The minimum Gasteiger partial charge on any atom is -0.495 e. The maximum Gasteiger partial charge on any atom is 0.254 e. The van der Waals surface area contributed by atoms with Gasteiger partial charge in [-0.05, 0) is 31.2 Å². The Morgan fingerprint density at radius 2 is 1.76 bits per heavy atom. The summed E-state index contributed by atoms with van der Waals surface area (Å²) in [5, 5.41) is 19.8. The molecule has 41 heavy (non-hydrogen) atoms. The fraction of sp³-hybridized carbons (Fsp3) is 0.207. The Balaban J connectivity index is 1.59. The Labute approximate surface area is 246 Å². The molecule has 3 aromatic rings. The quantitative estimate of drug-likeness (QED) is 0.271. The standard InChI is InChI=1S/C29H27ClN4O6S/c1-16-26(28(36)34-19-8-5-6-9-21(19)37-2)27(22-10-7-11-40-22)17(14-31)29(32-16)41-15-25(35)33-20-13-23(38-3)18(30)12-24(20)39-4/h5-13,27,32H,15H2,1-4H3,(H,33,35)(H,34,36). The van der Waals surface area contributed by atoms with Crippen molar-refractivity contribution in [2.75, 3.05) is 37.7 Å². The summed E-state index contributed by atoms with van der Waals surface area (Å²) in [6.07, 6.45) is 1.48. The number of dihydropyridines is 1. The third-order valence-corrected chi connectivity index (χ3v) is 7.48. The Kier molecular flexibility index (Phi) is 9.49. The van der Waals surface area contributed by atoms with Crippen molar-refractivity contribution in [3.63, 3.8) is 0 Å². The number of para-hydroxylation sites is 2. The summed E-state index contributed by atoms with van der Waals surface area (Å²) in [6, 6.07) is 15.7. The fourth-order valence-electron chi connectivity index (χ4n) is 4.29. The highest BCUT2D eigenvalue weighted by Gasteiger charge is 2.36. The number of nitrogens with zero attached hydrogens (tertiary/aromatic N) is 1. The minimum atomic E-state index is -0.808. The molecule has 0 fully saturated rings. The fourth-order valence-corrected chi connectivity index (χ4v) is 5.41. The zero-order valence-corrected chi connectivity index (χ0v) is 24.2. The number of rotatable bonds is 10. The number of thioether (sulfide) groups is 1. The largest absolute Gasteiger partial charge is 0.495 e. The van der Waals surface area contributed by atoms with E-state index in [1.54, 1.807) is 55.5 Å². The van der Waals surface area contributed by atoms with Crippen molar-refractivity contribution in [2.24, 2.45) is 0 Å². The average molecular weight is 595 g/mol. The van der Waals surface area contributed by atoms with Crippen molar-refractivity contribution in [1.82, 2.24) is 5.32 Å². The molecule has 3 N–H and O–H groups in total. The van der Waals surface area contributed by atoms with Crippen molar-refractivity contribution < 1.29 is 28.2 Å². The molecule has 10 nitrogen and oxygen atoms in total. The number of benzene rings is 2. The van der Waals surface area contributed by atoms with Gasteiger partial charge in [0.05, 0.1) is 77.9 Å². The maximum absolute atomic E-state index is 13.6. The molecular formula is C29H27ClN4O6S. The van der Waals surface area contributed by atoms with Gasteiger partial charge >= 0.3 is 0 Å². The van der Waals surface area contributed by atoms with E-state index in [1.165, 1.54) is 27.6 Å². The summed E-state index contributed by atoms with van der Waals surface area (Å²) in [6.45, 7) is 1.73. The van der Waals surface area contributed by atoms with Crippen LogP contribution in [0.4, 0.5) is 11.4 Å². The van der Waals surface area contributed by atoms with Crippen LogP contribution in [0, 0.1) is 11.3 Å². The number of carbonyl (C=O) groups excluding carboxylic acids is 2. The number of allylic oxidation sites excluding steroid dienone is 2. The first kappa shape index (κ1) is 29.5. The van der Waals surface area contributed by atoms with E-state index >= 15 is 0 Å². The lowest BCUT2D eigenvalue weighted by molar-refractivity contribution is -0.114. The number of carbonyl (C=O) groups is 2. The summed E-state index contributed by atoms with van der Waals surface area (Å²) < 4.78 is 21.6. The minimum absolute atomic E-state index is 0.0531. The normalized spacial score (nSPS) is 14.6. The summed E-state index contributed by atoms with van der Waals surface area (Å²) in [5.74, 6) is -0.0120. The molecule has 1 aliphatic rings. The van der Waals surface area contributed by atoms with Crippen LogP contribution in [-0.2, 0) is 9.59 Å². The van der Waals surface area contributed by atoms with Crippen LogP contribution in [0.1, 0.15) is 18.6 Å². The van der Waals surface area contributed by atoms with E-state index in [0.29, 0.717) is 55.7 Å². The smallest absolute Gasteiger partial charge is 0.254 e. The first-order valence-corrected chi connectivity index (χ1v) is 13.6.